The summed E-state index contributed by atoms with van der Waals surface area (Å²) in [5.74, 6) is -0.584. The number of rotatable bonds is 7. The van der Waals surface area contributed by atoms with Crippen LogP contribution in [0.5, 0.6) is 0 Å². The molecule has 0 amide bonds. The molecule has 20 heavy (non-hydrogen) atoms. The van der Waals surface area contributed by atoms with Crippen LogP contribution in [0.25, 0.3) is 0 Å². The molecule has 0 fully saturated rings. The number of hydrogen-bond donors (Lipinski definition) is 2. The summed E-state index contributed by atoms with van der Waals surface area (Å²) in [5, 5.41) is 18.2. The van der Waals surface area contributed by atoms with Crippen molar-refractivity contribution in [1.29, 1.82) is 0 Å². The Morgan fingerprint density at radius 2 is 1.75 bits per heavy atom. The Hall–Kier alpha value is -0.476. The Kier molecular flexibility index (Phi) is 6.37. The fraction of sp³-hybridized carbons (Fsp3) is 0.769. The van der Waals surface area contributed by atoms with Gasteiger partial charge in [0.05, 0.1) is 6.61 Å². The van der Waals surface area contributed by atoms with Crippen LogP contribution in [0.15, 0.2) is 12.2 Å². The molecular formula is C13H28O5Si2. The Morgan fingerprint density at radius 3 is 2.05 bits per heavy atom. The van der Waals surface area contributed by atoms with Gasteiger partial charge in [0.15, 0.2) is 13.5 Å². The average molecular weight is 321 g/mol. The highest BCUT2D eigenvalue weighted by Crippen LogP contribution is 2.32. The number of aliphatic hydroxyl groups is 2. The van der Waals surface area contributed by atoms with Crippen LogP contribution in [0, 0.1) is 0 Å². The largest absolute Gasteiger partial charge is 0.454 e. The van der Waals surface area contributed by atoms with Crippen molar-refractivity contribution in [2.75, 3.05) is 6.61 Å². The number of carbonyl (C=O) groups is 1. The fourth-order valence-electron chi connectivity index (χ4n) is 1.91. The van der Waals surface area contributed by atoms with E-state index in [-0.39, 0.29) is 5.57 Å². The highest BCUT2D eigenvalue weighted by molar-refractivity contribution is 6.85. The van der Waals surface area contributed by atoms with Gasteiger partial charge in [-0.1, -0.05) is 6.58 Å². The number of aliphatic hydroxyl groups excluding tert-OH is 2. The van der Waals surface area contributed by atoms with Gasteiger partial charge in [-0.3, -0.25) is 0 Å². The Labute approximate surface area is 123 Å². The van der Waals surface area contributed by atoms with E-state index in [0.29, 0.717) is 0 Å². The maximum Gasteiger partial charge on any atom is 0.333 e. The summed E-state index contributed by atoms with van der Waals surface area (Å²) >= 11 is 0. The normalized spacial score (nSPS) is 17.2. The summed E-state index contributed by atoms with van der Waals surface area (Å²) in [6.45, 7) is 16.1. The zero-order valence-electron chi connectivity index (χ0n) is 13.6. The lowest BCUT2D eigenvalue weighted by Gasteiger charge is -2.46. The molecular weight excluding hydrogens is 292 g/mol. The summed E-state index contributed by atoms with van der Waals surface area (Å²) in [4.78, 5) is 11.9. The first-order valence-electron chi connectivity index (χ1n) is 6.65. The van der Waals surface area contributed by atoms with Crippen molar-refractivity contribution in [3.8, 4) is 0 Å². The first kappa shape index (κ1) is 19.5. The number of esters is 1. The minimum atomic E-state index is -2.62. The van der Waals surface area contributed by atoms with E-state index in [2.05, 4.69) is 6.58 Å². The van der Waals surface area contributed by atoms with Crippen LogP contribution in [0.3, 0.4) is 0 Å². The van der Waals surface area contributed by atoms with Crippen LogP contribution in [-0.4, -0.2) is 50.8 Å². The zero-order valence-corrected chi connectivity index (χ0v) is 15.6. The molecule has 2 N–H and O–H groups in total. The van der Waals surface area contributed by atoms with Gasteiger partial charge in [0.2, 0.25) is 8.32 Å². The molecule has 0 rings (SSSR count). The third-order valence-corrected chi connectivity index (χ3v) is 10.5. The lowest BCUT2D eigenvalue weighted by Crippen LogP contribution is -2.66. The van der Waals surface area contributed by atoms with E-state index in [1.54, 1.807) is 13.8 Å². The molecule has 118 valence electrons. The Balaban J connectivity index is 5.53. The van der Waals surface area contributed by atoms with Crippen LogP contribution in [0.2, 0.25) is 32.7 Å². The number of ether oxygens (including phenoxy) is 1. The molecule has 0 aromatic heterocycles. The molecule has 0 radical (unpaired) electrons. The van der Waals surface area contributed by atoms with Crippen LogP contribution in [0.4, 0.5) is 0 Å². The lowest BCUT2D eigenvalue weighted by atomic mass is 10.2. The van der Waals surface area contributed by atoms with E-state index >= 15 is 0 Å². The second-order valence-electron chi connectivity index (χ2n) is 6.70. The predicted octanol–water partition coefficient (Wildman–Crippen LogP) is 1.81. The second-order valence-corrected chi connectivity index (χ2v) is 15.8. The summed E-state index contributed by atoms with van der Waals surface area (Å²) in [6.07, 6.45) is -1.19. The van der Waals surface area contributed by atoms with Crippen LogP contribution >= 0.6 is 0 Å². The summed E-state index contributed by atoms with van der Waals surface area (Å²) in [5.41, 5.74) is 0.249. The third-order valence-electron chi connectivity index (χ3n) is 3.22. The van der Waals surface area contributed by atoms with Crippen molar-refractivity contribution in [2.45, 2.75) is 57.9 Å². The molecule has 0 saturated heterocycles. The zero-order chi connectivity index (χ0) is 16.4. The molecule has 0 spiro atoms. The van der Waals surface area contributed by atoms with Crippen molar-refractivity contribution in [3.63, 3.8) is 0 Å². The first-order valence-corrected chi connectivity index (χ1v) is 13.0. The molecule has 0 heterocycles. The fourth-order valence-corrected chi connectivity index (χ4v) is 10.1. The summed E-state index contributed by atoms with van der Waals surface area (Å²) < 4.78 is 11.7. The molecule has 0 aliphatic carbocycles. The second kappa shape index (κ2) is 6.53. The highest BCUT2D eigenvalue weighted by Gasteiger charge is 2.54. The van der Waals surface area contributed by atoms with E-state index in [9.17, 15) is 15.0 Å². The van der Waals surface area contributed by atoms with E-state index < -0.39 is 40.5 Å². The van der Waals surface area contributed by atoms with E-state index in [0.717, 1.165) is 0 Å². The van der Waals surface area contributed by atoms with E-state index in [1.165, 1.54) is 0 Å². The predicted molar refractivity (Wildman–Crippen MR) is 84.3 cm³/mol. The van der Waals surface area contributed by atoms with Gasteiger partial charge in [0.25, 0.3) is 0 Å². The van der Waals surface area contributed by atoms with Gasteiger partial charge in [0, 0.05) is 5.57 Å². The van der Waals surface area contributed by atoms with E-state index in [1.807, 2.05) is 32.7 Å². The molecule has 0 aliphatic rings. The van der Waals surface area contributed by atoms with Gasteiger partial charge in [-0.05, 0) is 46.6 Å². The van der Waals surface area contributed by atoms with Gasteiger partial charge in [0.1, 0.15) is 6.10 Å². The monoisotopic (exact) mass is 320 g/mol. The van der Waals surface area contributed by atoms with Crippen molar-refractivity contribution in [3.05, 3.63) is 12.2 Å². The van der Waals surface area contributed by atoms with Gasteiger partial charge in [-0.15, -0.1) is 0 Å². The average Bonchev–Trinajstić information content (AvgIpc) is 2.23. The van der Waals surface area contributed by atoms with Gasteiger partial charge < -0.3 is 19.1 Å². The van der Waals surface area contributed by atoms with Gasteiger partial charge >= 0.3 is 5.97 Å². The number of hydrogen-bond acceptors (Lipinski definition) is 5. The maximum atomic E-state index is 11.9. The SMILES string of the molecule is C=C(C)C(=O)OC(C)(C(O)CO)[Si](C)(C)O[Si](C)(C)C. The standard InChI is InChI=1S/C13H28O5Si2/c1-10(2)12(16)17-13(3,11(15)9-14)20(7,8)18-19(4,5)6/h11,14-15H,1,9H2,2-8H3. The summed E-state index contributed by atoms with van der Waals surface area (Å²) in [7, 11) is -4.50. The Bertz CT molecular complexity index is 375. The molecule has 2 unspecified atom stereocenters. The summed E-state index contributed by atoms with van der Waals surface area (Å²) in [6, 6.07) is 0. The van der Waals surface area contributed by atoms with Crippen molar-refractivity contribution >= 4 is 22.6 Å². The van der Waals surface area contributed by atoms with E-state index in [4.69, 9.17) is 8.85 Å². The highest BCUT2D eigenvalue weighted by atomic mass is 28.4. The van der Waals surface area contributed by atoms with Crippen LogP contribution in [0.1, 0.15) is 13.8 Å². The van der Waals surface area contributed by atoms with Crippen LogP contribution in [-0.2, 0) is 13.6 Å². The smallest absolute Gasteiger partial charge is 0.333 e. The van der Waals surface area contributed by atoms with Crippen LogP contribution < -0.4 is 0 Å². The topological polar surface area (TPSA) is 76.0 Å². The first-order chi connectivity index (χ1) is 8.77. The molecule has 0 aromatic rings. The molecule has 7 heteroatoms. The number of carbonyl (C=O) groups excluding carboxylic acids is 1. The molecule has 5 nitrogen and oxygen atoms in total. The van der Waals surface area contributed by atoms with Crippen molar-refractivity contribution < 1.29 is 23.9 Å². The lowest BCUT2D eigenvalue weighted by molar-refractivity contribution is -0.158. The maximum absolute atomic E-state index is 11.9. The quantitative estimate of drug-likeness (QED) is 0.425. The molecule has 0 saturated carbocycles. The van der Waals surface area contributed by atoms with Gasteiger partial charge in [-0.2, -0.15) is 0 Å². The Morgan fingerprint density at radius 1 is 1.30 bits per heavy atom. The molecule has 0 bridgehead atoms. The van der Waals surface area contributed by atoms with Crippen molar-refractivity contribution in [1.82, 2.24) is 0 Å². The minimum absolute atomic E-state index is 0.249. The molecule has 0 aliphatic heterocycles. The molecule has 0 aromatic carbocycles. The van der Waals surface area contributed by atoms with Gasteiger partial charge in [-0.25, -0.2) is 4.79 Å². The third kappa shape index (κ3) is 4.81. The minimum Gasteiger partial charge on any atom is -0.454 e. The van der Waals surface area contributed by atoms with Crippen molar-refractivity contribution in [2.24, 2.45) is 0 Å². The molecule has 2 atom stereocenters.